The van der Waals surface area contributed by atoms with Crippen LogP contribution >= 0.6 is 28.3 Å². The largest absolute Gasteiger partial charge is 0.489 e. The average molecular weight is 308 g/mol. The number of amides is 1. The van der Waals surface area contributed by atoms with Gasteiger partial charge < -0.3 is 15.4 Å². The number of likely N-dealkylation sites (N-methyl/N-ethyl adjacent to an activating group) is 1. The molecule has 1 aromatic carbocycles. The lowest BCUT2D eigenvalue weighted by atomic mass is 10.2. The van der Waals surface area contributed by atoms with E-state index in [1.807, 2.05) is 18.2 Å². The lowest BCUT2D eigenvalue weighted by molar-refractivity contribution is -0.119. The van der Waals surface area contributed by atoms with E-state index in [1.165, 1.54) is 4.90 Å². The van der Waals surface area contributed by atoms with Gasteiger partial charge in [0.15, 0.2) is 0 Å². The van der Waals surface area contributed by atoms with Gasteiger partial charge in [0.05, 0.1) is 5.69 Å². The molecule has 2 N–H and O–H groups in total. The van der Waals surface area contributed by atoms with Crippen LogP contribution in [-0.4, -0.2) is 25.6 Å². The molecule has 2 rings (SSSR count). The molecule has 0 spiro atoms. The lowest BCUT2D eigenvalue weighted by Gasteiger charge is -2.17. The molecule has 88 valence electrons. The van der Waals surface area contributed by atoms with E-state index in [4.69, 9.17) is 10.5 Å². The van der Waals surface area contributed by atoms with Crippen molar-refractivity contribution in [2.45, 2.75) is 6.04 Å². The molecule has 1 atom stereocenters. The van der Waals surface area contributed by atoms with Gasteiger partial charge >= 0.3 is 0 Å². The molecule has 1 unspecified atom stereocenters. The Balaban J connectivity index is 0.00000128. The van der Waals surface area contributed by atoms with Gasteiger partial charge in [0.25, 0.3) is 0 Å². The summed E-state index contributed by atoms with van der Waals surface area (Å²) in [6, 6.07) is 4.93. The summed E-state index contributed by atoms with van der Waals surface area (Å²) in [5.41, 5.74) is 6.40. The predicted octanol–water partition coefficient (Wildman–Crippen LogP) is 1.55. The van der Waals surface area contributed by atoms with Gasteiger partial charge in [0.1, 0.15) is 18.4 Å². The van der Waals surface area contributed by atoms with E-state index in [2.05, 4.69) is 15.9 Å². The molecule has 6 heteroatoms. The van der Waals surface area contributed by atoms with Gasteiger partial charge in [0.2, 0.25) is 5.91 Å². The topological polar surface area (TPSA) is 55.6 Å². The molecule has 1 aliphatic rings. The highest BCUT2D eigenvalue weighted by Crippen LogP contribution is 2.32. The zero-order valence-electron chi connectivity index (χ0n) is 8.64. The Bertz CT molecular complexity index is 414. The van der Waals surface area contributed by atoms with Crippen LogP contribution in [0.2, 0.25) is 0 Å². The van der Waals surface area contributed by atoms with Crippen molar-refractivity contribution in [2.75, 3.05) is 18.6 Å². The number of rotatable bonds is 0. The van der Waals surface area contributed by atoms with Crippen molar-refractivity contribution < 1.29 is 9.53 Å². The summed E-state index contributed by atoms with van der Waals surface area (Å²) in [5.74, 6) is 0.546. The second-order valence-corrected chi connectivity index (χ2v) is 4.34. The molecule has 0 saturated carbocycles. The lowest BCUT2D eigenvalue weighted by Crippen LogP contribution is -2.43. The number of nitrogens with zero attached hydrogens (tertiary/aromatic N) is 1. The maximum Gasteiger partial charge on any atom is 0.247 e. The van der Waals surface area contributed by atoms with Gasteiger partial charge in [-0.3, -0.25) is 4.79 Å². The van der Waals surface area contributed by atoms with Crippen molar-refractivity contribution >= 4 is 39.9 Å². The fraction of sp³-hybridized carbons (Fsp3) is 0.300. The van der Waals surface area contributed by atoms with Crippen molar-refractivity contribution in [2.24, 2.45) is 5.73 Å². The third-order valence-corrected chi connectivity index (χ3v) is 2.84. The first-order chi connectivity index (χ1) is 7.09. The number of ether oxygens (including phenoxy) is 1. The second kappa shape index (κ2) is 5.03. The van der Waals surface area contributed by atoms with Crippen LogP contribution in [0.15, 0.2) is 22.7 Å². The van der Waals surface area contributed by atoms with Gasteiger partial charge in [-0.25, -0.2) is 0 Å². The van der Waals surface area contributed by atoms with Crippen molar-refractivity contribution in [3.8, 4) is 5.75 Å². The van der Waals surface area contributed by atoms with E-state index >= 15 is 0 Å². The minimum atomic E-state index is -0.596. The van der Waals surface area contributed by atoms with Gasteiger partial charge in [-0.15, -0.1) is 12.4 Å². The quantitative estimate of drug-likeness (QED) is 0.791. The van der Waals surface area contributed by atoms with Crippen LogP contribution < -0.4 is 15.4 Å². The van der Waals surface area contributed by atoms with E-state index in [0.717, 1.165) is 10.2 Å². The van der Waals surface area contributed by atoms with Crippen LogP contribution in [0.4, 0.5) is 5.69 Å². The maximum atomic E-state index is 11.7. The fourth-order valence-electron chi connectivity index (χ4n) is 1.50. The number of carbonyl (C=O) groups excluding carboxylic acids is 1. The molecular formula is C10H12BrClN2O2. The summed E-state index contributed by atoms with van der Waals surface area (Å²) in [5, 5.41) is 0. The molecule has 16 heavy (non-hydrogen) atoms. The SMILES string of the molecule is CN1C(=O)C(N)COc2cc(Br)ccc21.Cl. The summed E-state index contributed by atoms with van der Waals surface area (Å²) < 4.78 is 6.38. The highest BCUT2D eigenvalue weighted by Gasteiger charge is 2.26. The molecule has 1 aromatic rings. The number of carbonyl (C=O) groups is 1. The molecule has 1 amide bonds. The molecule has 0 bridgehead atoms. The van der Waals surface area contributed by atoms with E-state index in [-0.39, 0.29) is 24.9 Å². The Morgan fingerprint density at radius 1 is 1.56 bits per heavy atom. The highest BCUT2D eigenvalue weighted by molar-refractivity contribution is 9.10. The standard InChI is InChI=1S/C10H11BrN2O2.ClH/c1-13-8-3-2-6(11)4-9(8)15-5-7(12)10(13)14;/h2-4,7H,5,12H2,1H3;1H. The summed E-state index contributed by atoms with van der Waals surface area (Å²) >= 11 is 3.35. The zero-order chi connectivity index (χ0) is 11.0. The molecule has 0 fully saturated rings. The molecule has 0 saturated heterocycles. The van der Waals surface area contributed by atoms with Crippen LogP contribution in [0.3, 0.4) is 0 Å². The predicted molar refractivity (Wildman–Crippen MR) is 68.3 cm³/mol. The number of fused-ring (bicyclic) bond motifs is 1. The number of nitrogens with two attached hydrogens (primary N) is 1. The molecular weight excluding hydrogens is 295 g/mol. The Morgan fingerprint density at radius 2 is 2.25 bits per heavy atom. The number of benzene rings is 1. The molecule has 0 aliphatic carbocycles. The smallest absolute Gasteiger partial charge is 0.247 e. The fourth-order valence-corrected chi connectivity index (χ4v) is 1.84. The van der Waals surface area contributed by atoms with Crippen LogP contribution in [0, 0.1) is 0 Å². The van der Waals surface area contributed by atoms with Gasteiger partial charge in [-0.05, 0) is 18.2 Å². The Hall–Kier alpha value is -0.780. The van der Waals surface area contributed by atoms with Crippen molar-refractivity contribution in [3.63, 3.8) is 0 Å². The zero-order valence-corrected chi connectivity index (χ0v) is 11.0. The summed E-state index contributed by atoms with van der Waals surface area (Å²) in [6.45, 7) is 0.215. The number of halogens is 2. The normalized spacial score (nSPS) is 19.3. The first-order valence-electron chi connectivity index (χ1n) is 4.55. The van der Waals surface area contributed by atoms with Crippen LogP contribution in [0.1, 0.15) is 0 Å². The summed E-state index contributed by atoms with van der Waals surface area (Å²) in [7, 11) is 1.70. The van der Waals surface area contributed by atoms with Crippen LogP contribution in [-0.2, 0) is 4.79 Å². The van der Waals surface area contributed by atoms with Gasteiger partial charge in [0, 0.05) is 11.5 Å². The van der Waals surface area contributed by atoms with Crippen molar-refractivity contribution in [1.82, 2.24) is 0 Å². The first kappa shape index (κ1) is 13.3. The Morgan fingerprint density at radius 3 is 2.94 bits per heavy atom. The van der Waals surface area contributed by atoms with E-state index in [1.54, 1.807) is 7.05 Å². The van der Waals surface area contributed by atoms with Gasteiger partial charge in [-0.2, -0.15) is 0 Å². The number of hydrogen-bond donors (Lipinski definition) is 1. The Kier molecular flexibility index (Phi) is 4.18. The van der Waals surface area contributed by atoms with Crippen molar-refractivity contribution in [1.29, 1.82) is 0 Å². The molecule has 1 heterocycles. The third-order valence-electron chi connectivity index (χ3n) is 2.35. The number of anilines is 1. The number of hydrogen-bond acceptors (Lipinski definition) is 3. The van der Waals surface area contributed by atoms with Gasteiger partial charge in [-0.1, -0.05) is 15.9 Å². The van der Waals surface area contributed by atoms with E-state index in [9.17, 15) is 4.79 Å². The summed E-state index contributed by atoms with van der Waals surface area (Å²) in [4.78, 5) is 13.2. The first-order valence-corrected chi connectivity index (χ1v) is 5.34. The highest BCUT2D eigenvalue weighted by atomic mass is 79.9. The third kappa shape index (κ3) is 2.31. The van der Waals surface area contributed by atoms with Crippen molar-refractivity contribution in [3.05, 3.63) is 22.7 Å². The Labute approximate surface area is 108 Å². The second-order valence-electron chi connectivity index (χ2n) is 3.43. The van der Waals surface area contributed by atoms with Crippen LogP contribution in [0.25, 0.3) is 0 Å². The monoisotopic (exact) mass is 306 g/mol. The maximum absolute atomic E-state index is 11.7. The average Bonchev–Trinajstić information content (AvgIpc) is 2.32. The minimum absolute atomic E-state index is 0. The van der Waals surface area contributed by atoms with E-state index < -0.39 is 6.04 Å². The molecule has 4 nitrogen and oxygen atoms in total. The van der Waals surface area contributed by atoms with Crippen LogP contribution in [0.5, 0.6) is 5.75 Å². The minimum Gasteiger partial charge on any atom is -0.489 e. The summed E-state index contributed by atoms with van der Waals surface area (Å²) in [6.07, 6.45) is 0. The molecule has 1 aliphatic heterocycles. The molecule has 0 radical (unpaired) electrons. The molecule has 0 aromatic heterocycles. The van der Waals surface area contributed by atoms with E-state index in [0.29, 0.717) is 5.75 Å².